The number of nitrogens with zero attached hydrogens (tertiary/aromatic N) is 1. The van der Waals surface area contributed by atoms with Crippen molar-refractivity contribution in [3.8, 4) is 0 Å². The van der Waals surface area contributed by atoms with E-state index in [9.17, 15) is 14.4 Å². The minimum Gasteiger partial charge on any atom is -0.368 e. The summed E-state index contributed by atoms with van der Waals surface area (Å²) in [6.45, 7) is 1.75. The van der Waals surface area contributed by atoms with E-state index in [-0.39, 0.29) is 23.5 Å². The number of thioether (sulfide) groups is 1. The summed E-state index contributed by atoms with van der Waals surface area (Å²) in [6, 6.07) is -0.183. The van der Waals surface area contributed by atoms with Crippen LogP contribution in [0.5, 0.6) is 0 Å². The molecule has 8 heteroatoms. The fourth-order valence-electron chi connectivity index (χ4n) is 1.14. The molecule has 1 heterocycles. The van der Waals surface area contributed by atoms with Gasteiger partial charge in [-0.2, -0.15) is 0 Å². The van der Waals surface area contributed by atoms with Crippen LogP contribution in [0.3, 0.4) is 0 Å². The molecular formula is C8H12N4O3S. The molecule has 0 bridgehead atoms. The standard InChI is InChI=1S/C8H12N4O3S/c1-3-2-4(13)12-8(11-3)16-5(6(9)14)7(10)15/h3,5H,2H2,1H3,(H2,9,14)(H2,10,15)(H,11,12,13). The van der Waals surface area contributed by atoms with E-state index in [4.69, 9.17) is 11.5 Å². The zero-order valence-corrected chi connectivity index (χ0v) is 9.41. The number of rotatable bonds is 3. The number of nitrogens with one attached hydrogen (secondary N) is 1. The minimum atomic E-state index is -1.22. The first-order valence-electron chi connectivity index (χ1n) is 4.53. The molecule has 0 aromatic carbocycles. The molecule has 0 fully saturated rings. The topological polar surface area (TPSA) is 128 Å². The van der Waals surface area contributed by atoms with E-state index >= 15 is 0 Å². The van der Waals surface area contributed by atoms with Gasteiger partial charge in [-0.15, -0.1) is 0 Å². The first-order valence-corrected chi connectivity index (χ1v) is 5.41. The summed E-state index contributed by atoms with van der Waals surface area (Å²) >= 11 is 0.758. The lowest BCUT2D eigenvalue weighted by Crippen LogP contribution is -2.43. The van der Waals surface area contributed by atoms with Gasteiger partial charge in [-0.05, 0) is 6.92 Å². The second-order valence-electron chi connectivity index (χ2n) is 3.34. The number of hydrogen-bond acceptors (Lipinski definition) is 5. The molecule has 0 aliphatic carbocycles. The van der Waals surface area contributed by atoms with Gasteiger partial charge in [0.25, 0.3) is 0 Å². The zero-order valence-electron chi connectivity index (χ0n) is 8.60. The highest BCUT2D eigenvalue weighted by Gasteiger charge is 2.27. The van der Waals surface area contributed by atoms with Gasteiger partial charge in [-0.3, -0.25) is 19.4 Å². The summed E-state index contributed by atoms with van der Waals surface area (Å²) in [5.74, 6) is -1.92. The predicted molar refractivity (Wildman–Crippen MR) is 59.4 cm³/mol. The summed E-state index contributed by atoms with van der Waals surface area (Å²) in [7, 11) is 0. The van der Waals surface area contributed by atoms with Crippen LogP contribution in [-0.2, 0) is 14.4 Å². The van der Waals surface area contributed by atoms with Crippen molar-refractivity contribution in [2.75, 3.05) is 0 Å². The second-order valence-corrected chi connectivity index (χ2v) is 4.43. The normalized spacial score (nSPS) is 20.2. The van der Waals surface area contributed by atoms with E-state index < -0.39 is 17.1 Å². The Labute approximate surface area is 96.0 Å². The number of aliphatic imine (C=N–C) groups is 1. The monoisotopic (exact) mass is 244 g/mol. The fourth-order valence-corrected chi connectivity index (χ4v) is 2.01. The van der Waals surface area contributed by atoms with E-state index in [0.29, 0.717) is 0 Å². The lowest BCUT2D eigenvalue weighted by atomic mass is 10.2. The third-order valence-electron chi connectivity index (χ3n) is 1.81. The predicted octanol–water partition coefficient (Wildman–Crippen LogP) is -1.68. The van der Waals surface area contributed by atoms with Gasteiger partial charge in [0.2, 0.25) is 17.7 Å². The van der Waals surface area contributed by atoms with Crippen molar-refractivity contribution in [2.45, 2.75) is 24.6 Å². The van der Waals surface area contributed by atoms with Crippen LogP contribution < -0.4 is 16.8 Å². The lowest BCUT2D eigenvalue weighted by Gasteiger charge is -2.19. The number of carbonyl (C=O) groups excluding carboxylic acids is 3. The van der Waals surface area contributed by atoms with Crippen LogP contribution in [0.25, 0.3) is 0 Å². The van der Waals surface area contributed by atoms with Crippen molar-refractivity contribution in [3.05, 3.63) is 0 Å². The Bertz CT molecular complexity index is 354. The Morgan fingerprint density at radius 3 is 2.50 bits per heavy atom. The molecular weight excluding hydrogens is 232 g/mol. The van der Waals surface area contributed by atoms with Crippen molar-refractivity contribution in [1.82, 2.24) is 5.32 Å². The molecule has 88 valence electrons. The zero-order chi connectivity index (χ0) is 12.3. The highest BCUT2D eigenvalue weighted by molar-refractivity contribution is 8.15. The van der Waals surface area contributed by atoms with E-state index in [0.717, 1.165) is 11.8 Å². The summed E-state index contributed by atoms with van der Waals surface area (Å²) < 4.78 is 0. The van der Waals surface area contributed by atoms with Crippen molar-refractivity contribution in [3.63, 3.8) is 0 Å². The Hall–Kier alpha value is -1.57. The van der Waals surface area contributed by atoms with Crippen molar-refractivity contribution in [2.24, 2.45) is 16.5 Å². The third-order valence-corrected chi connectivity index (χ3v) is 2.94. The summed E-state index contributed by atoms with van der Waals surface area (Å²) in [5, 5.41) is 1.43. The molecule has 0 aromatic rings. The van der Waals surface area contributed by atoms with Gasteiger partial charge in [0.15, 0.2) is 10.4 Å². The Morgan fingerprint density at radius 1 is 1.50 bits per heavy atom. The van der Waals surface area contributed by atoms with Crippen LogP contribution in [0.2, 0.25) is 0 Å². The molecule has 1 unspecified atom stereocenters. The summed E-state index contributed by atoms with van der Waals surface area (Å²) in [4.78, 5) is 37.1. The van der Waals surface area contributed by atoms with Crippen LogP contribution in [0.4, 0.5) is 0 Å². The van der Waals surface area contributed by atoms with Gasteiger partial charge in [0.05, 0.1) is 6.04 Å². The Morgan fingerprint density at radius 2 is 2.06 bits per heavy atom. The highest BCUT2D eigenvalue weighted by Crippen LogP contribution is 2.16. The average molecular weight is 244 g/mol. The van der Waals surface area contributed by atoms with Crippen LogP contribution >= 0.6 is 11.8 Å². The average Bonchev–Trinajstić information content (AvgIpc) is 2.11. The lowest BCUT2D eigenvalue weighted by molar-refractivity contribution is -0.125. The number of amides is 3. The number of carbonyl (C=O) groups is 3. The van der Waals surface area contributed by atoms with Crippen LogP contribution in [0.15, 0.2) is 4.99 Å². The van der Waals surface area contributed by atoms with E-state index in [1.54, 1.807) is 6.92 Å². The quantitative estimate of drug-likeness (QED) is 0.512. The van der Waals surface area contributed by atoms with Crippen LogP contribution in [0, 0.1) is 0 Å². The minimum absolute atomic E-state index is 0.183. The van der Waals surface area contributed by atoms with Crippen molar-refractivity contribution in [1.29, 1.82) is 0 Å². The number of primary amides is 2. The smallest absolute Gasteiger partial charge is 0.240 e. The van der Waals surface area contributed by atoms with Gasteiger partial charge in [0, 0.05) is 6.42 Å². The Kier molecular flexibility index (Phi) is 3.88. The maximum Gasteiger partial charge on any atom is 0.240 e. The summed E-state index contributed by atoms with van der Waals surface area (Å²) in [5.41, 5.74) is 9.99. The third kappa shape index (κ3) is 3.23. The van der Waals surface area contributed by atoms with E-state index in [2.05, 4.69) is 10.3 Å². The number of amidine groups is 1. The number of nitrogens with two attached hydrogens (primary N) is 2. The van der Waals surface area contributed by atoms with Gasteiger partial charge >= 0.3 is 0 Å². The maximum atomic E-state index is 11.2. The molecule has 1 aliphatic heterocycles. The molecule has 16 heavy (non-hydrogen) atoms. The molecule has 5 N–H and O–H groups in total. The molecule has 1 atom stereocenters. The van der Waals surface area contributed by atoms with E-state index in [1.807, 2.05) is 0 Å². The van der Waals surface area contributed by atoms with Crippen LogP contribution in [0.1, 0.15) is 13.3 Å². The second kappa shape index (κ2) is 4.97. The summed E-state index contributed by atoms with van der Waals surface area (Å²) in [6.07, 6.45) is 0.280. The van der Waals surface area contributed by atoms with Gasteiger partial charge < -0.3 is 16.8 Å². The first kappa shape index (κ1) is 12.5. The highest BCUT2D eigenvalue weighted by atomic mass is 32.2. The van der Waals surface area contributed by atoms with Crippen molar-refractivity contribution >= 4 is 34.7 Å². The van der Waals surface area contributed by atoms with Crippen molar-refractivity contribution < 1.29 is 14.4 Å². The molecule has 1 rings (SSSR count). The molecule has 1 aliphatic rings. The first-order chi connectivity index (χ1) is 7.40. The molecule has 0 saturated heterocycles. The largest absolute Gasteiger partial charge is 0.368 e. The van der Waals surface area contributed by atoms with E-state index in [1.165, 1.54) is 0 Å². The molecule has 0 spiro atoms. The van der Waals surface area contributed by atoms with Crippen LogP contribution in [-0.4, -0.2) is 34.2 Å². The molecule has 7 nitrogen and oxygen atoms in total. The van der Waals surface area contributed by atoms with Gasteiger partial charge in [0.1, 0.15) is 0 Å². The molecule has 0 aromatic heterocycles. The Balaban J connectivity index is 2.75. The number of hydrogen-bond donors (Lipinski definition) is 3. The van der Waals surface area contributed by atoms with Gasteiger partial charge in [-0.1, -0.05) is 11.8 Å². The van der Waals surface area contributed by atoms with Gasteiger partial charge in [-0.25, -0.2) is 0 Å². The maximum absolute atomic E-state index is 11.2. The molecule has 0 radical (unpaired) electrons. The SMILES string of the molecule is CC1CC(=O)NC(SC(C(N)=O)C(N)=O)=N1. The molecule has 3 amide bonds. The molecule has 0 saturated carbocycles. The fraction of sp³-hybridized carbons (Fsp3) is 0.500.